The Morgan fingerprint density at radius 3 is 2.05 bits per heavy atom. The van der Waals surface area contributed by atoms with Crippen LogP contribution in [0.4, 0.5) is 0 Å². The Kier molecular flexibility index (Phi) is 3.03. The minimum absolute atomic E-state index is 0.154. The van der Waals surface area contributed by atoms with Gasteiger partial charge in [-0.3, -0.25) is 9.59 Å². The summed E-state index contributed by atoms with van der Waals surface area (Å²) in [6.07, 6.45) is 0. The first-order chi connectivity index (χ1) is 9.09. The summed E-state index contributed by atoms with van der Waals surface area (Å²) in [6.45, 7) is 0. The number of rotatable bonds is 1. The Morgan fingerprint density at radius 2 is 1.53 bits per heavy atom. The Balaban J connectivity index is 2.11. The van der Waals surface area contributed by atoms with Gasteiger partial charge in [-0.25, -0.2) is 0 Å². The van der Waals surface area contributed by atoms with Gasteiger partial charge in [0.15, 0.2) is 11.6 Å². The largest absolute Gasteiger partial charge is 0.293 e. The third-order valence-electron chi connectivity index (χ3n) is 3.26. The molecule has 3 rings (SSSR count). The van der Waals surface area contributed by atoms with E-state index in [1.807, 2.05) is 0 Å². The molecule has 0 saturated heterocycles. The molecule has 1 aliphatic carbocycles. The summed E-state index contributed by atoms with van der Waals surface area (Å²) in [5, 5.41) is 0.494. The molecule has 2 aromatic rings. The zero-order valence-electron chi connectivity index (χ0n) is 9.69. The van der Waals surface area contributed by atoms with Gasteiger partial charge in [-0.2, -0.15) is 0 Å². The quantitative estimate of drug-likeness (QED) is 0.730. The fourth-order valence-electron chi connectivity index (χ4n) is 2.34. The van der Waals surface area contributed by atoms with E-state index in [-0.39, 0.29) is 11.6 Å². The zero-order valence-corrected chi connectivity index (χ0v) is 12.0. The average Bonchev–Trinajstić information content (AvgIpc) is 2.66. The molecule has 0 atom stereocenters. The minimum Gasteiger partial charge on any atom is -0.293 e. The van der Waals surface area contributed by atoms with Crippen LogP contribution in [0.15, 0.2) is 46.9 Å². The second-order valence-corrected chi connectivity index (χ2v) is 5.64. The molecule has 0 N–H and O–H groups in total. The van der Waals surface area contributed by atoms with Gasteiger partial charge in [0.2, 0.25) is 0 Å². The van der Waals surface area contributed by atoms with Gasteiger partial charge in [0.1, 0.15) is 5.92 Å². The molecular formula is C15H8BrClO2. The van der Waals surface area contributed by atoms with Gasteiger partial charge in [0.05, 0.1) is 5.02 Å². The predicted molar refractivity (Wildman–Crippen MR) is 77.0 cm³/mol. The van der Waals surface area contributed by atoms with E-state index in [0.29, 0.717) is 21.7 Å². The highest BCUT2D eigenvalue weighted by Gasteiger charge is 2.39. The second kappa shape index (κ2) is 4.58. The lowest BCUT2D eigenvalue weighted by molar-refractivity contribution is 0.0890. The molecule has 2 nitrogen and oxygen atoms in total. The SMILES string of the molecule is O=C1c2ccccc2C(=O)C1c1ccc(Br)c(Cl)c1. The van der Waals surface area contributed by atoms with Gasteiger partial charge in [0.25, 0.3) is 0 Å². The lowest BCUT2D eigenvalue weighted by atomic mass is 9.94. The van der Waals surface area contributed by atoms with Crippen molar-refractivity contribution in [2.24, 2.45) is 0 Å². The fraction of sp³-hybridized carbons (Fsp3) is 0.0667. The van der Waals surface area contributed by atoms with E-state index >= 15 is 0 Å². The summed E-state index contributed by atoms with van der Waals surface area (Å²) in [4.78, 5) is 24.7. The van der Waals surface area contributed by atoms with E-state index in [1.54, 1.807) is 42.5 Å². The number of fused-ring (bicyclic) bond motifs is 1. The highest BCUT2D eigenvalue weighted by molar-refractivity contribution is 9.10. The Labute approximate surface area is 123 Å². The van der Waals surface area contributed by atoms with Crippen LogP contribution in [0.25, 0.3) is 0 Å². The zero-order chi connectivity index (χ0) is 13.6. The Bertz CT molecular complexity index is 674. The summed E-state index contributed by atoms with van der Waals surface area (Å²) in [5.41, 5.74) is 1.63. The first-order valence-electron chi connectivity index (χ1n) is 5.72. The lowest BCUT2D eigenvalue weighted by Crippen LogP contribution is -2.12. The van der Waals surface area contributed by atoms with Gasteiger partial charge >= 0.3 is 0 Å². The van der Waals surface area contributed by atoms with Crippen molar-refractivity contribution in [2.75, 3.05) is 0 Å². The van der Waals surface area contributed by atoms with E-state index in [4.69, 9.17) is 11.6 Å². The van der Waals surface area contributed by atoms with Crippen LogP contribution in [0, 0.1) is 0 Å². The van der Waals surface area contributed by atoms with E-state index in [9.17, 15) is 9.59 Å². The number of benzene rings is 2. The molecule has 0 bridgehead atoms. The van der Waals surface area contributed by atoms with E-state index in [2.05, 4.69) is 15.9 Å². The van der Waals surface area contributed by atoms with Crippen LogP contribution in [0.2, 0.25) is 5.02 Å². The number of hydrogen-bond donors (Lipinski definition) is 0. The first-order valence-corrected chi connectivity index (χ1v) is 6.89. The van der Waals surface area contributed by atoms with Gasteiger partial charge in [0, 0.05) is 15.6 Å². The second-order valence-electron chi connectivity index (χ2n) is 4.38. The number of carbonyl (C=O) groups excluding carboxylic acids is 2. The number of hydrogen-bond acceptors (Lipinski definition) is 2. The average molecular weight is 336 g/mol. The molecule has 4 heteroatoms. The van der Waals surface area contributed by atoms with Crippen molar-refractivity contribution in [2.45, 2.75) is 5.92 Å². The summed E-state index contributed by atoms with van der Waals surface area (Å²) in [7, 11) is 0. The molecule has 0 saturated carbocycles. The maximum absolute atomic E-state index is 12.3. The third-order valence-corrected chi connectivity index (χ3v) is 4.49. The topological polar surface area (TPSA) is 34.1 Å². The standard InChI is InChI=1S/C15H8BrClO2/c16-11-6-5-8(7-12(11)17)13-14(18)9-3-1-2-4-10(9)15(13)19/h1-7,13H. The van der Waals surface area contributed by atoms with Crippen molar-refractivity contribution >= 4 is 39.1 Å². The van der Waals surface area contributed by atoms with Crippen molar-refractivity contribution in [3.8, 4) is 0 Å². The maximum Gasteiger partial charge on any atom is 0.178 e. The Morgan fingerprint density at radius 1 is 0.947 bits per heavy atom. The van der Waals surface area contributed by atoms with Crippen LogP contribution in [-0.2, 0) is 0 Å². The van der Waals surface area contributed by atoms with Crippen molar-refractivity contribution in [3.05, 3.63) is 68.7 Å². The Hall–Kier alpha value is -1.45. The number of carbonyl (C=O) groups is 2. The van der Waals surface area contributed by atoms with Crippen molar-refractivity contribution in [3.63, 3.8) is 0 Å². The summed E-state index contributed by atoms with van der Waals surface area (Å²) in [6, 6.07) is 12.1. The smallest absolute Gasteiger partial charge is 0.178 e. The van der Waals surface area contributed by atoms with Crippen LogP contribution in [0.5, 0.6) is 0 Å². The lowest BCUT2D eigenvalue weighted by Gasteiger charge is -2.08. The number of Topliss-reactive ketones (excluding diaryl/α,β-unsaturated/α-hetero) is 2. The van der Waals surface area contributed by atoms with Gasteiger partial charge in [-0.05, 0) is 33.6 Å². The maximum atomic E-state index is 12.3. The molecule has 2 aromatic carbocycles. The molecule has 94 valence electrons. The fourth-order valence-corrected chi connectivity index (χ4v) is 2.77. The molecule has 1 aliphatic rings. The molecule has 0 amide bonds. The molecule has 19 heavy (non-hydrogen) atoms. The third kappa shape index (κ3) is 1.94. The van der Waals surface area contributed by atoms with Crippen molar-refractivity contribution < 1.29 is 9.59 Å². The highest BCUT2D eigenvalue weighted by Crippen LogP contribution is 2.36. The number of halogens is 2. The summed E-state index contributed by atoms with van der Waals surface area (Å²) >= 11 is 9.32. The van der Waals surface area contributed by atoms with Crippen LogP contribution in [0.1, 0.15) is 32.2 Å². The monoisotopic (exact) mass is 334 g/mol. The van der Waals surface area contributed by atoms with E-state index in [0.717, 1.165) is 4.47 Å². The molecule has 0 fully saturated rings. The van der Waals surface area contributed by atoms with Crippen molar-refractivity contribution in [1.82, 2.24) is 0 Å². The van der Waals surface area contributed by atoms with E-state index in [1.165, 1.54) is 0 Å². The first kappa shape index (κ1) is 12.6. The summed E-state index contributed by atoms with van der Waals surface area (Å²) in [5.74, 6) is -1.07. The highest BCUT2D eigenvalue weighted by atomic mass is 79.9. The van der Waals surface area contributed by atoms with E-state index < -0.39 is 5.92 Å². The van der Waals surface area contributed by atoms with Crippen LogP contribution >= 0.6 is 27.5 Å². The molecule has 0 radical (unpaired) electrons. The van der Waals surface area contributed by atoms with Gasteiger partial charge in [-0.1, -0.05) is 41.9 Å². The van der Waals surface area contributed by atoms with Gasteiger partial charge < -0.3 is 0 Å². The molecule has 0 aromatic heterocycles. The molecular weight excluding hydrogens is 328 g/mol. The molecule has 0 spiro atoms. The number of ketones is 2. The van der Waals surface area contributed by atoms with Gasteiger partial charge in [-0.15, -0.1) is 0 Å². The summed E-state index contributed by atoms with van der Waals surface area (Å²) < 4.78 is 0.744. The van der Waals surface area contributed by atoms with Crippen LogP contribution in [-0.4, -0.2) is 11.6 Å². The minimum atomic E-state index is -0.761. The molecule has 0 heterocycles. The molecule has 0 unspecified atom stereocenters. The molecule has 0 aliphatic heterocycles. The normalized spacial score (nSPS) is 14.8. The predicted octanol–water partition coefficient (Wildman–Crippen LogP) is 4.27. The van der Waals surface area contributed by atoms with Crippen molar-refractivity contribution in [1.29, 1.82) is 0 Å². The van der Waals surface area contributed by atoms with Crippen LogP contribution in [0.3, 0.4) is 0 Å². The van der Waals surface area contributed by atoms with Crippen LogP contribution < -0.4 is 0 Å².